The van der Waals surface area contributed by atoms with Crippen LogP contribution in [0, 0.1) is 23.2 Å². The van der Waals surface area contributed by atoms with Crippen molar-refractivity contribution in [3.05, 3.63) is 0 Å². The van der Waals surface area contributed by atoms with Crippen LogP contribution in [0.5, 0.6) is 0 Å². The molecule has 0 radical (unpaired) electrons. The molecular weight excluding hydrogens is 276 g/mol. The molecule has 0 saturated heterocycles. The van der Waals surface area contributed by atoms with Crippen LogP contribution in [0.1, 0.15) is 125 Å². The third-order valence-electron chi connectivity index (χ3n) is 7.12. The van der Waals surface area contributed by atoms with Gasteiger partial charge in [0.1, 0.15) is 0 Å². The third kappa shape index (κ3) is 6.43. The molecule has 0 heterocycles. The summed E-state index contributed by atoms with van der Waals surface area (Å²) in [5, 5.41) is 0. The Morgan fingerprint density at radius 3 is 2.13 bits per heavy atom. The van der Waals surface area contributed by atoms with Crippen molar-refractivity contribution < 1.29 is 0 Å². The Bertz CT molecular complexity index is 276. The van der Waals surface area contributed by atoms with E-state index >= 15 is 0 Å². The lowest BCUT2D eigenvalue weighted by Gasteiger charge is -2.46. The van der Waals surface area contributed by atoms with E-state index in [9.17, 15) is 0 Å². The topological polar surface area (TPSA) is 0 Å². The molecule has 0 bridgehead atoms. The zero-order valence-corrected chi connectivity index (χ0v) is 17.1. The Kier molecular flexibility index (Phi) is 10.6. The molecule has 0 nitrogen and oxygen atoms in total. The zero-order chi connectivity index (χ0) is 17.1. The van der Waals surface area contributed by atoms with Gasteiger partial charge in [0.05, 0.1) is 0 Å². The third-order valence-corrected chi connectivity index (χ3v) is 7.12. The minimum atomic E-state index is 0.641. The number of rotatable bonds is 12. The molecule has 3 unspecified atom stereocenters. The van der Waals surface area contributed by atoms with E-state index in [1.165, 1.54) is 83.5 Å². The average Bonchev–Trinajstić information content (AvgIpc) is 2.59. The molecule has 138 valence electrons. The first-order valence-corrected chi connectivity index (χ1v) is 11.1. The summed E-state index contributed by atoms with van der Waals surface area (Å²) >= 11 is 0. The molecule has 0 aromatic heterocycles. The molecule has 0 amide bonds. The highest BCUT2D eigenvalue weighted by atomic mass is 14.4. The van der Waals surface area contributed by atoms with E-state index in [2.05, 4.69) is 34.6 Å². The molecule has 0 aromatic carbocycles. The Morgan fingerprint density at radius 2 is 1.61 bits per heavy atom. The van der Waals surface area contributed by atoms with Gasteiger partial charge in [-0.2, -0.15) is 0 Å². The largest absolute Gasteiger partial charge is 0.0654 e. The fourth-order valence-electron chi connectivity index (χ4n) is 5.51. The summed E-state index contributed by atoms with van der Waals surface area (Å²) in [4.78, 5) is 0. The molecule has 0 heteroatoms. The Morgan fingerprint density at radius 1 is 0.913 bits per heavy atom. The predicted molar refractivity (Wildman–Crippen MR) is 106 cm³/mol. The molecule has 0 aromatic rings. The number of hydrogen-bond acceptors (Lipinski definition) is 0. The van der Waals surface area contributed by atoms with Crippen LogP contribution in [0.3, 0.4) is 0 Å². The van der Waals surface area contributed by atoms with E-state index < -0.39 is 0 Å². The lowest BCUT2D eigenvalue weighted by atomic mass is 9.59. The molecule has 1 aliphatic carbocycles. The van der Waals surface area contributed by atoms with Crippen molar-refractivity contribution in [2.75, 3.05) is 0 Å². The monoisotopic (exact) mass is 322 g/mol. The summed E-state index contributed by atoms with van der Waals surface area (Å²) in [6.07, 6.45) is 20.5. The van der Waals surface area contributed by atoms with E-state index in [1.54, 1.807) is 6.42 Å². The van der Waals surface area contributed by atoms with Gasteiger partial charge in [0.2, 0.25) is 0 Å². The van der Waals surface area contributed by atoms with Crippen molar-refractivity contribution in [1.82, 2.24) is 0 Å². The average molecular weight is 323 g/mol. The number of hydrogen-bond donors (Lipinski definition) is 0. The van der Waals surface area contributed by atoms with Gasteiger partial charge in [-0.25, -0.2) is 0 Å². The number of unbranched alkanes of at least 4 members (excludes halogenated alkanes) is 2. The summed E-state index contributed by atoms with van der Waals surface area (Å²) in [5.41, 5.74) is 0.641. The quantitative estimate of drug-likeness (QED) is 0.316. The molecular formula is C23H46. The molecule has 23 heavy (non-hydrogen) atoms. The van der Waals surface area contributed by atoms with Gasteiger partial charge in [0.15, 0.2) is 0 Å². The van der Waals surface area contributed by atoms with Gasteiger partial charge >= 0.3 is 0 Å². The highest BCUT2D eigenvalue weighted by Gasteiger charge is 2.40. The maximum atomic E-state index is 2.55. The van der Waals surface area contributed by atoms with E-state index in [-0.39, 0.29) is 0 Å². The van der Waals surface area contributed by atoms with Crippen LogP contribution in [-0.4, -0.2) is 0 Å². The lowest BCUT2D eigenvalue weighted by Crippen LogP contribution is -2.37. The fourth-order valence-corrected chi connectivity index (χ4v) is 5.51. The van der Waals surface area contributed by atoms with Crippen molar-refractivity contribution in [1.29, 1.82) is 0 Å². The highest BCUT2D eigenvalue weighted by Crippen LogP contribution is 2.50. The van der Waals surface area contributed by atoms with Crippen molar-refractivity contribution in [2.45, 2.75) is 125 Å². The maximum Gasteiger partial charge on any atom is -0.0267 e. The summed E-state index contributed by atoms with van der Waals surface area (Å²) in [5.74, 6) is 2.90. The van der Waals surface area contributed by atoms with E-state index in [0.717, 1.165) is 17.8 Å². The molecule has 0 aliphatic heterocycles. The molecule has 0 spiro atoms. The van der Waals surface area contributed by atoms with Gasteiger partial charge in [0.25, 0.3) is 0 Å². The van der Waals surface area contributed by atoms with Crippen LogP contribution in [-0.2, 0) is 0 Å². The SMILES string of the molecule is CCCCCC(CC)(CC1CCCCC1)C(CCC)C(C)CC. The van der Waals surface area contributed by atoms with Gasteiger partial charge in [-0.15, -0.1) is 0 Å². The van der Waals surface area contributed by atoms with E-state index in [0.29, 0.717) is 5.41 Å². The van der Waals surface area contributed by atoms with Gasteiger partial charge in [0, 0.05) is 0 Å². The molecule has 1 aliphatic rings. The second-order valence-electron chi connectivity index (χ2n) is 8.66. The molecule has 1 saturated carbocycles. The first kappa shape index (κ1) is 21.0. The summed E-state index contributed by atoms with van der Waals surface area (Å²) in [6.45, 7) is 12.2. The van der Waals surface area contributed by atoms with Gasteiger partial charge in [-0.05, 0) is 42.4 Å². The first-order chi connectivity index (χ1) is 11.1. The van der Waals surface area contributed by atoms with E-state index in [4.69, 9.17) is 0 Å². The lowest BCUT2D eigenvalue weighted by molar-refractivity contribution is 0.0383. The minimum Gasteiger partial charge on any atom is -0.0654 e. The van der Waals surface area contributed by atoms with Crippen molar-refractivity contribution >= 4 is 0 Å². The van der Waals surface area contributed by atoms with E-state index in [1.807, 2.05) is 0 Å². The second-order valence-corrected chi connectivity index (χ2v) is 8.66. The van der Waals surface area contributed by atoms with Crippen molar-refractivity contribution in [3.63, 3.8) is 0 Å². The van der Waals surface area contributed by atoms with Gasteiger partial charge in [-0.1, -0.05) is 105 Å². The first-order valence-electron chi connectivity index (χ1n) is 11.1. The maximum absolute atomic E-state index is 2.55. The smallest absolute Gasteiger partial charge is 0.0267 e. The highest BCUT2D eigenvalue weighted by molar-refractivity contribution is 4.90. The Hall–Kier alpha value is 0. The molecule has 1 rings (SSSR count). The van der Waals surface area contributed by atoms with Gasteiger partial charge < -0.3 is 0 Å². The van der Waals surface area contributed by atoms with Crippen LogP contribution < -0.4 is 0 Å². The van der Waals surface area contributed by atoms with Crippen LogP contribution in [0.4, 0.5) is 0 Å². The minimum absolute atomic E-state index is 0.641. The predicted octanol–water partition coefficient (Wildman–Crippen LogP) is 8.40. The molecule has 1 fully saturated rings. The fraction of sp³-hybridized carbons (Fsp3) is 1.00. The molecule has 0 N–H and O–H groups in total. The standard InChI is InChI=1S/C23H46/c1-6-10-14-18-23(9-4,19-21-16-12-11-13-17-21)22(15-7-2)20(5)8-3/h20-22H,6-19H2,1-5H3. The van der Waals surface area contributed by atoms with Gasteiger partial charge in [-0.3, -0.25) is 0 Å². The Balaban J connectivity index is 2.92. The summed E-state index contributed by atoms with van der Waals surface area (Å²) in [6, 6.07) is 0. The Labute approximate surface area is 148 Å². The normalized spacial score (nSPS) is 21.8. The summed E-state index contributed by atoms with van der Waals surface area (Å²) < 4.78 is 0. The van der Waals surface area contributed by atoms with Crippen LogP contribution in [0.25, 0.3) is 0 Å². The summed E-state index contributed by atoms with van der Waals surface area (Å²) in [7, 11) is 0. The van der Waals surface area contributed by atoms with Crippen LogP contribution >= 0.6 is 0 Å². The second kappa shape index (κ2) is 11.5. The van der Waals surface area contributed by atoms with Crippen LogP contribution in [0.2, 0.25) is 0 Å². The van der Waals surface area contributed by atoms with Crippen LogP contribution in [0.15, 0.2) is 0 Å². The van der Waals surface area contributed by atoms with Crippen molar-refractivity contribution in [2.24, 2.45) is 23.2 Å². The zero-order valence-electron chi connectivity index (χ0n) is 17.1. The van der Waals surface area contributed by atoms with Crippen molar-refractivity contribution in [3.8, 4) is 0 Å². The molecule has 3 atom stereocenters.